The molecule has 0 bridgehead atoms. The fourth-order valence-corrected chi connectivity index (χ4v) is 3.12. The minimum Gasteiger partial charge on any atom is -0.431 e. The van der Waals surface area contributed by atoms with Crippen LogP contribution in [0.3, 0.4) is 0 Å². The Hall–Kier alpha value is -1.79. The summed E-state index contributed by atoms with van der Waals surface area (Å²) in [4.78, 5) is 4.49. The Bertz CT molecular complexity index is 714. The Balaban J connectivity index is 1.98. The van der Waals surface area contributed by atoms with Gasteiger partial charge in [-0.25, -0.2) is 4.98 Å². The predicted molar refractivity (Wildman–Crippen MR) is 78.8 cm³/mol. The Morgan fingerprint density at radius 1 is 1.35 bits per heavy atom. The zero-order valence-electron chi connectivity index (χ0n) is 11.7. The molecular formula is C14H16N4OS. The minimum absolute atomic E-state index is 0.645. The highest BCUT2D eigenvalue weighted by atomic mass is 32.2. The van der Waals surface area contributed by atoms with Gasteiger partial charge in [0.15, 0.2) is 5.58 Å². The number of aryl methyl sites for hydroxylation is 2. The number of hydrogen-bond acceptors (Lipinski definition) is 5. The molecule has 5 nitrogen and oxygen atoms in total. The van der Waals surface area contributed by atoms with Crippen LogP contribution >= 0.6 is 11.8 Å². The summed E-state index contributed by atoms with van der Waals surface area (Å²) < 4.78 is 7.64. The molecule has 3 rings (SSSR count). The maximum atomic E-state index is 5.76. The van der Waals surface area contributed by atoms with Crippen LogP contribution in [-0.2, 0) is 13.6 Å². The van der Waals surface area contributed by atoms with E-state index in [1.54, 1.807) is 0 Å². The molecule has 1 aromatic carbocycles. The molecule has 0 radical (unpaired) electrons. The fraction of sp³-hybridized carbons (Fsp3) is 0.286. The van der Waals surface area contributed by atoms with Crippen molar-refractivity contribution in [1.29, 1.82) is 0 Å². The molecule has 1 N–H and O–H groups in total. The second-order valence-corrected chi connectivity index (χ2v) is 5.51. The predicted octanol–water partition coefficient (Wildman–Crippen LogP) is 2.74. The lowest BCUT2D eigenvalue weighted by molar-refractivity contribution is 0.488. The van der Waals surface area contributed by atoms with Crippen molar-refractivity contribution < 1.29 is 4.42 Å². The highest BCUT2D eigenvalue weighted by molar-refractivity contribution is 7.99. The van der Waals surface area contributed by atoms with Gasteiger partial charge in [-0.15, -0.1) is 0 Å². The van der Waals surface area contributed by atoms with Crippen LogP contribution in [0, 0.1) is 6.92 Å². The fourth-order valence-electron chi connectivity index (χ4n) is 2.17. The molecular weight excluding hydrogens is 272 g/mol. The summed E-state index contributed by atoms with van der Waals surface area (Å²) in [5.41, 5.74) is 3.90. The summed E-state index contributed by atoms with van der Waals surface area (Å²) in [6.45, 7) is 2.80. The van der Waals surface area contributed by atoms with Gasteiger partial charge >= 0.3 is 0 Å². The van der Waals surface area contributed by atoms with Gasteiger partial charge in [0.2, 0.25) is 0 Å². The van der Waals surface area contributed by atoms with E-state index < -0.39 is 0 Å². The second-order valence-electron chi connectivity index (χ2n) is 4.57. The third-order valence-electron chi connectivity index (χ3n) is 3.10. The maximum absolute atomic E-state index is 5.76. The molecule has 0 aliphatic heterocycles. The SMILES string of the molecule is CNCc1c(C)nn(C)c1Sc1nc2ccccc2o1. The maximum Gasteiger partial charge on any atom is 0.263 e. The number of oxazole rings is 1. The first kappa shape index (κ1) is 13.2. The second kappa shape index (κ2) is 5.30. The molecule has 2 heterocycles. The molecule has 0 amide bonds. The normalized spacial score (nSPS) is 11.3. The summed E-state index contributed by atoms with van der Waals surface area (Å²) in [7, 11) is 3.87. The van der Waals surface area contributed by atoms with Crippen molar-refractivity contribution in [3.8, 4) is 0 Å². The third-order valence-corrected chi connectivity index (χ3v) is 4.15. The van der Waals surface area contributed by atoms with E-state index in [9.17, 15) is 0 Å². The summed E-state index contributed by atoms with van der Waals surface area (Å²) in [5, 5.41) is 9.34. The van der Waals surface area contributed by atoms with Gasteiger partial charge in [-0.3, -0.25) is 4.68 Å². The van der Waals surface area contributed by atoms with Gasteiger partial charge in [0.1, 0.15) is 10.5 Å². The van der Waals surface area contributed by atoms with Gasteiger partial charge in [0.25, 0.3) is 5.22 Å². The van der Waals surface area contributed by atoms with Crippen molar-refractivity contribution in [3.05, 3.63) is 35.5 Å². The lowest BCUT2D eigenvalue weighted by Gasteiger charge is -2.03. The van der Waals surface area contributed by atoms with E-state index in [2.05, 4.69) is 15.4 Å². The molecule has 0 atom stereocenters. The molecule has 0 fully saturated rings. The molecule has 0 spiro atoms. The van der Waals surface area contributed by atoms with E-state index in [1.165, 1.54) is 17.3 Å². The summed E-state index contributed by atoms with van der Waals surface area (Å²) in [6, 6.07) is 7.78. The van der Waals surface area contributed by atoms with Gasteiger partial charge in [-0.05, 0) is 37.9 Å². The van der Waals surface area contributed by atoms with Crippen LogP contribution in [-0.4, -0.2) is 21.8 Å². The highest BCUT2D eigenvalue weighted by Crippen LogP contribution is 2.32. The quantitative estimate of drug-likeness (QED) is 0.800. The first-order valence-corrected chi connectivity index (χ1v) is 7.21. The minimum atomic E-state index is 0.645. The number of hydrogen-bond donors (Lipinski definition) is 1. The molecule has 0 saturated carbocycles. The van der Waals surface area contributed by atoms with Crippen LogP contribution in [0.1, 0.15) is 11.3 Å². The van der Waals surface area contributed by atoms with E-state index >= 15 is 0 Å². The van der Waals surface area contributed by atoms with Crippen LogP contribution in [0.5, 0.6) is 0 Å². The number of nitrogens with zero attached hydrogens (tertiary/aromatic N) is 3. The van der Waals surface area contributed by atoms with Crippen molar-refractivity contribution in [2.24, 2.45) is 7.05 Å². The monoisotopic (exact) mass is 288 g/mol. The molecule has 0 unspecified atom stereocenters. The summed E-state index contributed by atoms with van der Waals surface area (Å²) in [5.74, 6) is 0. The molecule has 0 aliphatic rings. The molecule has 0 saturated heterocycles. The third kappa shape index (κ3) is 2.32. The van der Waals surface area contributed by atoms with Crippen LogP contribution in [0.2, 0.25) is 0 Å². The smallest absolute Gasteiger partial charge is 0.263 e. The molecule has 104 valence electrons. The van der Waals surface area contributed by atoms with Crippen molar-refractivity contribution in [2.75, 3.05) is 7.05 Å². The van der Waals surface area contributed by atoms with Gasteiger partial charge < -0.3 is 9.73 Å². The van der Waals surface area contributed by atoms with E-state index in [-0.39, 0.29) is 0 Å². The molecule has 20 heavy (non-hydrogen) atoms. The number of fused-ring (bicyclic) bond motifs is 1. The average Bonchev–Trinajstić information content (AvgIpc) is 2.94. The van der Waals surface area contributed by atoms with Crippen LogP contribution in [0.4, 0.5) is 0 Å². The zero-order chi connectivity index (χ0) is 14.1. The average molecular weight is 288 g/mol. The van der Waals surface area contributed by atoms with E-state index in [1.807, 2.05) is 50.0 Å². The van der Waals surface area contributed by atoms with Crippen LogP contribution in [0.15, 0.2) is 38.9 Å². The van der Waals surface area contributed by atoms with Gasteiger partial charge in [-0.1, -0.05) is 12.1 Å². The van der Waals surface area contributed by atoms with E-state index in [0.717, 1.165) is 28.4 Å². The van der Waals surface area contributed by atoms with Gasteiger partial charge in [0, 0.05) is 19.2 Å². The Morgan fingerprint density at radius 2 is 2.15 bits per heavy atom. The largest absolute Gasteiger partial charge is 0.431 e. The van der Waals surface area contributed by atoms with Crippen LogP contribution in [0.25, 0.3) is 11.1 Å². The van der Waals surface area contributed by atoms with E-state index in [4.69, 9.17) is 4.42 Å². The zero-order valence-corrected chi connectivity index (χ0v) is 12.5. The summed E-state index contributed by atoms with van der Waals surface area (Å²) in [6.07, 6.45) is 0. The Labute approximate surface area is 121 Å². The lowest BCUT2D eigenvalue weighted by Crippen LogP contribution is -2.06. The van der Waals surface area contributed by atoms with E-state index in [0.29, 0.717) is 5.22 Å². The Kier molecular flexibility index (Phi) is 3.50. The number of rotatable bonds is 4. The number of para-hydroxylation sites is 2. The molecule has 3 aromatic rings. The lowest BCUT2D eigenvalue weighted by atomic mass is 10.3. The first-order valence-electron chi connectivity index (χ1n) is 6.39. The van der Waals surface area contributed by atoms with Crippen LogP contribution < -0.4 is 5.32 Å². The Morgan fingerprint density at radius 3 is 2.90 bits per heavy atom. The molecule has 6 heteroatoms. The molecule has 0 aliphatic carbocycles. The van der Waals surface area contributed by atoms with Crippen molar-refractivity contribution in [1.82, 2.24) is 20.1 Å². The van der Waals surface area contributed by atoms with Gasteiger partial charge in [-0.2, -0.15) is 5.10 Å². The number of nitrogens with one attached hydrogen (secondary N) is 1. The number of benzene rings is 1. The highest BCUT2D eigenvalue weighted by Gasteiger charge is 2.16. The molecule has 2 aromatic heterocycles. The first-order chi connectivity index (χ1) is 9.69. The van der Waals surface area contributed by atoms with Crippen molar-refractivity contribution >= 4 is 22.9 Å². The van der Waals surface area contributed by atoms with Crippen molar-refractivity contribution in [3.63, 3.8) is 0 Å². The number of aromatic nitrogens is 3. The topological polar surface area (TPSA) is 55.9 Å². The summed E-state index contributed by atoms with van der Waals surface area (Å²) >= 11 is 1.51. The van der Waals surface area contributed by atoms with Crippen molar-refractivity contribution in [2.45, 2.75) is 23.7 Å². The van der Waals surface area contributed by atoms with Gasteiger partial charge in [0.05, 0.1) is 5.69 Å². The standard InChI is InChI=1S/C14H16N4OS/c1-9-10(8-15-2)13(18(3)17-9)20-14-16-11-6-4-5-7-12(11)19-14/h4-7,15H,8H2,1-3H3.